The van der Waals surface area contributed by atoms with Gasteiger partial charge in [0.1, 0.15) is 0 Å². The lowest BCUT2D eigenvalue weighted by Gasteiger charge is -2.38. The summed E-state index contributed by atoms with van der Waals surface area (Å²) in [6, 6.07) is 8.38. The number of fused-ring (bicyclic) bond motifs is 1. The van der Waals surface area contributed by atoms with E-state index in [2.05, 4.69) is 30.0 Å². The molecule has 1 fully saturated rings. The fourth-order valence-corrected chi connectivity index (χ4v) is 3.94. The molecule has 4 heteroatoms. The van der Waals surface area contributed by atoms with Crippen molar-refractivity contribution >= 4 is 11.6 Å². The van der Waals surface area contributed by atoms with E-state index < -0.39 is 0 Å². The summed E-state index contributed by atoms with van der Waals surface area (Å²) in [6.07, 6.45) is 2.74. The number of para-hydroxylation sites is 1. The molecule has 1 aromatic rings. The third-order valence-corrected chi connectivity index (χ3v) is 5.60. The van der Waals surface area contributed by atoms with E-state index >= 15 is 0 Å². The highest BCUT2D eigenvalue weighted by molar-refractivity contribution is 5.98. The van der Waals surface area contributed by atoms with Crippen molar-refractivity contribution in [3.63, 3.8) is 0 Å². The Morgan fingerprint density at radius 3 is 2.70 bits per heavy atom. The number of amides is 1. The van der Waals surface area contributed by atoms with Crippen molar-refractivity contribution in [2.24, 2.45) is 5.92 Å². The largest absolute Gasteiger partial charge is 0.393 e. The lowest BCUT2D eigenvalue weighted by molar-refractivity contribution is -0.123. The van der Waals surface area contributed by atoms with Crippen molar-refractivity contribution in [2.45, 2.75) is 58.2 Å². The van der Waals surface area contributed by atoms with E-state index in [0.717, 1.165) is 38.0 Å². The molecule has 0 bridgehead atoms. The minimum Gasteiger partial charge on any atom is -0.393 e. The van der Waals surface area contributed by atoms with E-state index in [9.17, 15) is 9.90 Å². The maximum absolute atomic E-state index is 13.2. The lowest BCUT2D eigenvalue weighted by Crippen LogP contribution is -2.51. The van der Waals surface area contributed by atoms with Gasteiger partial charge in [-0.05, 0) is 64.1 Å². The normalized spacial score (nSPS) is 27.6. The fourth-order valence-electron chi connectivity index (χ4n) is 3.94. The Labute approximate surface area is 139 Å². The second-order valence-electron chi connectivity index (χ2n) is 7.18. The van der Waals surface area contributed by atoms with Crippen LogP contribution >= 0.6 is 0 Å². The summed E-state index contributed by atoms with van der Waals surface area (Å²) in [5.74, 6) is 0.479. The van der Waals surface area contributed by atoms with Crippen LogP contribution in [0.1, 0.15) is 39.2 Å². The predicted octanol–water partition coefficient (Wildman–Crippen LogP) is 2.45. The molecule has 4 atom stereocenters. The highest BCUT2D eigenvalue weighted by Gasteiger charge is 2.36. The minimum atomic E-state index is -0.295. The Hall–Kier alpha value is -1.39. The van der Waals surface area contributed by atoms with Crippen LogP contribution in [0.3, 0.4) is 0 Å². The molecule has 0 saturated carbocycles. The van der Waals surface area contributed by atoms with Crippen LogP contribution in [0.5, 0.6) is 0 Å². The van der Waals surface area contributed by atoms with Gasteiger partial charge in [-0.2, -0.15) is 0 Å². The maximum Gasteiger partial charge on any atom is 0.244 e. The molecule has 4 unspecified atom stereocenters. The van der Waals surface area contributed by atoms with Gasteiger partial charge >= 0.3 is 0 Å². The third kappa shape index (κ3) is 3.15. The zero-order valence-electron chi connectivity index (χ0n) is 14.4. The molecule has 3 rings (SSSR count). The van der Waals surface area contributed by atoms with Crippen LogP contribution in [0, 0.1) is 5.92 Å². The van der Waals surface area contributed by atoms with Crippen molar-refractivity contribution in [1.82, 2.24) is 4.90 Å². The fraction of sp³-hybridized carbons (Fsp3) is 0.632. The number of aryl methyl sites for hydroxylation is 1. The summed E-state index contributed by atoms with van der Waals surface area (Å²) in [5.41, 5.74) is 2.35. The second kappa shape index (κ2) is 6.62. The standard InChI is InChI=1S/C19H28N2O2/c1-13-8-9-16-6-4-5-7-18(16)21(13)19(23)14(2)20-11-10-17(12-20)15(3)22/h4-7,13-15,17,22H,8-12H2,1-3H3. The van der Waals surface area contributed by atoms with Crippen molar-refractivity contribution in [2.75, 3.05) is 18.0 Å². The molecule has 2 aliphatic rings. The van der Waals surface area contributed by atoms with Crippen LogP contribution in [-0.4, -0.2) is 47.2 Å². The Morgan fingerprint density at radius 2 is 2.00 bits per heavy atom. The highest BCUT2D eigenvalue weighted by atomic mass is 16.3. The summed E-state index contributed by atoms with van der Waals surface area (Å²) in [4.78, 5) is 17.4. The summed E-state index contributed by atoms with van der Waals surface area (Å²) in [6.45, 7) is 7.71. The van der Waals surface area contributed by atoms with Crippen molar-refractivity contribution in [3.05, 3.63) is 29.8 Å². The van der Waals surface area contributed by atoms with Crippen molar-refractivity contribution in [1.29, 1.82) is 0 Å². The molecule has 2 aliphatic heterocycles. The maximum atomic E-state index is 13.2. The van der Waals surface area contributed by atoms with E-state index in [4.69, 9.17) is 0 Å². The summed E-state index contributed by atoms with van der Waals surface area (Å²) in [5, 5.41) is 9.79. The number of likely N-dealkylation sites (tertiary alicyclic amines) is 1. The molecule has 0 spiro atoms. The van der Waals surface area contributed by atoms with Gasteiger partial charge < -0.3 is 10.0 Å². The first kappa shape index (κ1) is 16.5. The van der Waals surface area contributed by atoms with Crippen LogP contribution in [0.25, 0.3) is 0 Å². The zero-order valence-corrected chi connectivity index (χ0v) is 14.4. The Bertz CT molecular complexity index is 572. The molecule has 126 valence electrons. The van der Waals surface area contributed by atoms with E-state index in [1.807, 2.05) is 24.8 Å². The average Bonchev–Trinajstić information content (AvgIpc) is 3.03. The Balaban J connectivity index is 1.77. The first-order valence-electron chi connectivity index (χ1n) is 8.82. The Kier molecular flexibility index (Phi) is 4.74. The molecule has 23 heavy (non-hydrogen) atoms. The predicted molar refractivity (Wildman–Crippen MR) is 92.5 cm³/mol. The first-order valence-corrected chi connectivity index (χ1v) is 8.82. The highest BCUT2D eigenvalue weighted by Crippen LogP contribution is 2.32. The van der Waals surface area contributed by atoms with Gasteiger partial charge in [-0.1, -0.05) is 18.2 Å². The molecule has 1 saturated heterocycles. The van der Waals surface area contributed by atoms with Gasteiger partial charge in [0.25, 0.3) is 0 Å². The molecule has 1 N–H and O–H groups in total. The molecule has 0 radical (unpaired) electrons. The molecule has 2 heterocycles. The van der Waals surface area contributed by atoms with Gasteiger partial charge in [0.15, 0.2) is 0 Å². The number of hydrogen-bond acceptors (Lipinski definition) is 3. The number of hydrogen-bond donors (Lipinski definition) is 1. The van der Waals surface area contributed by atoms with Gasteiger partial charge in [0.05, 0.1) is 12.1 Å². The number of rotatable bonds is 3. The summed E-state index contributed by atoms with van der Waals surface area (Å²) >= 11 is 0. The summed E-state index contributed by atoms with van der Waals surface area (Å²) in [7, 11) is 0. The second-order valence-corrected chi connectivity index (χ2v) is 7.18. The van der Waals surface area contributed by atoms with Crippen molar-refractivity contribution < 1.29 is 9.90 Å². The number of benzene rings is 1. The van der Waals surface area contributed by atoms with Crippen LogP contribution in [0.2, 0.25) is 0 Å². The topological polar surface area (TPSA) is 43.8 Å². The van der Waals surface area contributed by atoms with E-state index in [1.54, 1.807) is 0 Å². The number of aliphatic hydroxyl groups is 1. The zero-order chi connectivity index (χ0) is 16.6. The molecular formula is C19H28N2O2. The lowest BCUT2D eigenvalue weighted by atomic mass is 9.96. The number of carbonyl (C=O) groups is 1. The van der Waals surface area contributed by atoms with Crippen LogP contribution in [0.15, 0.2) is 24.3 Å². The van der Waals surface area contributed by atoms with Crippen LogP contribution in [0.4, 0.5) is 5.69 Å². The summed E-state index contributed by atoms with van der Waals surface area (Å²) < 4.78 is 0. The number of anilines is 1. The van der Waals surface area contributed by atoms with Gasteiger partial charge in [-0.3, -0.25) is 9.69 Å². The molecule has 1 amide bonds. The molecule has 0 aromatic heterocycles. The number of aliphatic hydroxyl groups excluding tert-OH is 1. The van der Waals surface area contributed by atoms with Crippen LogP contribution in [-0.2, 0) is 11.2 Å². The Morgan fingerprint density at radius 1 is 1.26 bits per heavy atom. The third-order valence-electron chi connectivity index (χ3n) is 5.60. The molecule has 1 aromatic carbocycles. The number of nitrogens with zero attached hydrogens (tertiary/aromatic N) is 2. The smallest absolute Gasteiger partial charge is 0.244 e. The average molecular weight is 316 g/mol. The first-order chi connectivity index (χ1) is 11.0. The molecule has 4 nitrogen and oxygen atoms in total. The SMILES string of the molecule is CC(O)C1CCN(C(C)C(=O)N2c3ccccc3CCC2C)C1. The van der Waals surface area contributed by atoms with Gasteiger partial charge in [0, 0.05) is 18.3 Å². The van der Waals surface area contributed by atoms with Crippen LogP contribution < -0.4 is 4.90 Å². The quantitative estimate of drug-likeness (QED) is 0.931. The van der Waals surface area contributed by atoms with E-state index in [1.165, 1.54) is 5.56 Å². The van der Waals surface area contributed by atoms with Gasteiger partial charge in [-0.25, -0.2) is 0 Å². The molecular weight excluding hydrogens is 288 g/mol. The monoisotopic (exact) mass is 316 g/mol. The minimum absolute atomic E-state index is 0.132. The van der Waals surface area contributed by atoms with E-state index in [0.29, 0.717) is 0 Å². The number of carbonyl (C=O) groups excluding carboxylic acids is 1. The van der Waals surface area contributed by atoms with Crippen molar-refractivity contribution in [3.8, 4) is 0 Å². The van der Waals surface area contributed by atoms with Gasteiger partial charge in [-0.15, -0.1) is 0 Å². The van der Waals surface area contributed by atoms with E-state index in [-0.39, 0.29) is 30.0 Å². The molecule has 0 aliphatic carbocycles. The van der Waals surface area contributed by atoms with Gasteiger partial charge in [0.2, 0.25) is 5.91 Å².